The summed E-state index contributed by atoms with van der Waals surface area (Å²) >= 11 is 3.33. The highest BCUT2D eigenvalue weighted by Gasteiger charge is 2.12. The van der Waals surface area contributed by atoms with Crippen molar-refractivity contribution < 1.29 is 9.53 Å². The summed E-state index contributed by atoms with van der Waals surface area (Å²) in [5.41, 5.74) is 3.16. The van der Waals surface area contributed by atoms with Gasteiger partial charge >= 0.3 is 0 Å². The lowest BCUT2D eigenvalue weighted by Crippen LogP contribution is -2.10. The van der Waals surface area contributed by atoms with Gasteiger partial charge in [-0.25, -0.2) is 0 Å². The second-order valence-electron chi connectivity index (χ2n) is 6.04. The molecule has 0 spiro atoms. The van der Waals surface area contributed by atoms with E-state index in [2.05, 4.69) is 61.0 Å². The Labute approximate surface area is 134 Å². The van der Waals surface area contributed by atoms with E-state index < -0.39 is 0 Å². The number of hydrogen-bond acceptors (Lipinski definition) is 2. The van der Waals surface area contributed by atoms with Gasteiger partial charge < -0.3 is 4.74 Å². The first-order chi connectivity index (χ1) is 9.90. The zero-order valence-corrected chi connectivity index (χ0v) is 14.1. The third-order valence-corrected chi connectivity index (χ3v) is 4.04. The number of aldehydes is 1. The molecule has 0 aliphatic heterocycles. The highest BCUT2D eigenvalue weighted by molar-refractivity contribution is 9.10. The molecule has 0 saturated heterocycles. The fraction of sp³-hybridized carbons (Fsp3) is 0.278. The summed E-state index contributed by atoms with van der Waals surface area (Å²) in [7, 11) is 0. The van der Waals surface area contributed by atoms with Crippen LogP contribution in [-0.2, 0) is 12.0 Å². The molecular formula is C18H19BrO2. The van der Waals surface area contributed by atoms with Gasteiger partial charge in [-0.1, -0.05) is 61.0 Å². The largest absolute Gasteiger partial charge is 0.489 e. The second-order valence-corrected chi connectivity index (χ2v) is 6.89. The molecule has 110 valence electrons. The third-order valence-electron chi connectivity index (χ3n) is 3.32. The van der Waals surface area contributed by atoms with Crippen LogP contribution in [0.1, 0.15) is 42.3 Å². The summed E-state index contributed by atoms with van der Waals surface area (Å²) in [4.78, 5) is 10.9. The molecule has 2 aromatic carbocycles. The normalized spacial score (nSPS) is 11.2. The van der Waals surface area contributed by atoms with Crippen molar-refractivity contribution in [3.05, 3.63) is 63.6 Å². The summed E-state index contributed by atoms with van der Waals surface area (Å²) in [5.74, 6) is 0.695. The van der Waals surface area contributed by atoms with Crippen LogP contribution in [0.4, 0.5) is 0 Å². The third kappa shape index (κ3) is 4.18. The van der Waals surface area contributed by atoms with Crippen molar-refractivity contribution in [1.29, 1.82) is 0 Å². The van der Waals surface area contributed by atoms with Gasteiger partial charge in [-0.05, 0) is 34.7 Å². The maximum absolute atomic E-state index is 10.9. The summed E-state index contributed by atoms with van der Waals surface area (Å²) in [5, 5.41) is 0. The van der Waals surface area contributed by atoms with Crippen molar-refractivity contribution in [2.45, 2.75) is 32.8 Å². The van der Waals surface area contributed by atoms with Gasteiger partial charge in [-0.15, -0.1) is 0 Å². The van der Waals surface area contributed by atoms with E-state index in [-0.39, 0.29) is 5.41 Å². The predicted octanol–water partition coefficient (Wildman–Crippen LogP) is 5.14. The van der Waals surface area contributed by atoms with Crippen LogP contribution < -0.4 is 4.74 Å². The van der Waals surface area contributed by atoms with E-state index in [1.54, 1.807) is 6.07 Å². The first-order valence-electron chi connectivity index (χ1n) is 6.87. The molecule has 3 heteroatoms. The zero-order valence-electron chi connectivity index (χ0n) is 12.5. The summed E-state index contributed by atoms with van der Waals surface area (Å²) in [6, 6.07) is 13.8. The molecular weight excluding hydrogens is 328 g/mol. The summed E-state index contributed by atoms with van der Waals surface area (Å²) < 4.78 is 6.51. The summed E-state index contributed by atoms with van der Waals surface area (Å²) in [6.45, 7) is 7.08. The molecule has 0 heterocycles. The van der Waals surface area contributed by atoms with Crippen LogP contribution >= 0.6 is 15.9 Å². The van der Waals surface area contributed by atoms with E-state index in [4.69, 9.17) is 4.74 Å². The molecule has 2 rings (SSSR count). The van der Waals surface area contributed by atoms with Crippen LogP contribution in [0.25, 0.3) is 0 Å². The average molecular weight is 347 g/mol. The quantitative estimate of drug-likeness (QED) is 0.716. The monoisotopic (exact) mass is 346 g/mol. The molecule has 0 atom stereocenters. The maximum atomic E-state index is 10.9. The first kappa shape index (κ1) is 15.8. The topological polar surface area (TPSA) is 26.3 Å². The Morgan fingerprint density at radius 1 is 1.10 bits per heavy atom. The van der Waals surface area contributed by atoms with Crippen molar-refractivity contribution >= 4 is 22.2 Å². The van der Waals surface area contributed by atoms with Crippen molar-refractivity contribution in [3.63, 3.8) is 0 Å². The molecule has 0 radical (unpaired) electrons. The number of carbonyl (C=O) groups is 1. The molecule has 2 nitrogen and oxygen atoms in total. The van der Waals surface area contributed by atoms with Crippen LogP contribution in [0.2, 0.25) is 0 Å². The number of ether oxygens (including phenoxy) is 1. The Hall–Kier alpha value is -1.61. The van der Waals surface area contributed by atoms with Gasteiger partial charge in [0.1, 0.15) is 12.4 Å². The molecule has 0 saturated carbocycles. The van der Waals surface area contributed by atoms with Crippen molar-refractivity contribution in [2.24, 2.45) is 0 Å². The van der Waals surface area contributed by atoms with Gasteiger partial charge in [-0.2, -0.15) is 0 Å². The molecule has 0 aliphatic carbocycles. The molecule has 2 aromatic rings. The Balaban J connectivity index is 2.05. The lowest BCUT2D eigenvalue weighted by molar-refractivity contribution is 0.112. The molecule has 0 N–H and O–H groups in total. The van der Waals surface area contributed by atoms with Crippen LogP contribution in [0.15, 0.2) is 46.9 Å². The van der Waals surface area contributed by atoms with Crippen LogP contribution in [-0.4, -0.2) is 6.29 Å². The Morgan fingerprint density at radius 3 is 2.33 bits per heavy atom. The summed E-state index contributed by atoms with van der Waals surface area (Å²) in [6.07, 6.45) is 0.815. The van der Waals surface area contributed by atoms with E-state index in [1.165, 1.54) is 5.56 Å². The zero-order chi connectivity index (χ0) is 15.5. The molecule has 0 fully saturated rings. The number of carbonyl (C=O) groups excluding carboxylic acids is 1. The van der Waals surface area contributed by atoms with Gasteiger partial charge in [0.25, 0.3) is 0 Å². The molecule has 0 amide bonds. The minimum absolute atomic E-state index is 0.157. The van der Waals surface area contributed by atoms with Gasteiger partial charge in [-0.3, -0.25) is 4.79 Å². The SMILES string of the molecule is CC(C)(C)c1ccc(COc2ccc(Br)c(C=O)c2)cc1. The van der Waals surface area contributed by atoms with E-state index >= 15 is 0 Å². The van der Waals surface area contributed by atoms with E-state index in [1.807, 2.05) is 12.1 Å². The lowest BCUT2D eigenvalue weighted by atomic mass is 9.87. The van der Waals surface area contributed by atoms with E-state index in [0.717, 1.165) is 16.3 Å². The number of benzene rings is 2. The van der Waals surface area contributed by atoms with Crippen LogP contribution in [0.3, 0.4) is 0 Å². The minimum Gasteiger partial charge on any atom is -0.489 e. The highest BCUT2D eigenvalue weighted by Crippen LogP contribution is 2.24. The first-order valence-corrected chi connectivity index (χ1v) is 7.66. The standard InChI is InChI=1S/C18H19BrO2/c1-18(2,3)15-6-4-13(5-7-15)12-21-16-8-9-17(19)14(10-16)11-20/h4-11H,12H2,1-3H3. The van der Waals surface area contributed by atoms with Crippen LogP contribution in [0, 0.1) is 0 Å². The van der Waals surface area contributed by atoms with Gasteiger partial charge in [0.05, 0.1) is 0 Å². The number of rotatable bonds is 4. The van der Waals surface area contributed by atoms with Crippen LogP contribution in [0.5, 0.6) is 5.75 Å². The molecule has 0 bridgehead atoms. The number of halogens is 1. The fourth-order valence-electron chi connectivity index (χ4n) is 1.97. The Bertz CT molecular complexity index is 625. The molecule has 21 heavy (non-hydrogen) atoms. The Kier molecular flexibility index (Phi) is 4.84. The van der Waals surface area contributed by atoms with Crippen molar-refractivity contribution in [2.75, 3.05) is 0 Å². The molecule has 0 aliphatic rings. The fourth-order valence-corrected chi connectivity index (χ4v) is 2.31. The lowest BCUT2D eigenvalue weighted by Gasteiger charge is -2.19. The molecule has 0 aromatic heterocycles. The highest BCUT2D eigenvalue weighted by atomic mass is 79.9. The molecule has 0 unspecified atom stereocenters. The van der Waals surface area contributed by atoms with Gasteiger partial charge in [0, 0.05) is 10.0 Å². The van der Waals surface area contributed by atoms with Gasteiger partial charge in [0.15, 0.2) is 6.29 Å². The van der Waals surface area contributed by atoms with Crippen molar-refractivity contribution in [3.8, 4) is 5.75 Å². The van der Waals surface area contributed by atoms with E-state index in [9.17, 15) is 4.79 Å². The predicted molar refractivity (Wildman–Crippen MR) is 89.0 cm³/mol. The number of hydrogen-bond donors (Lipinski definition) is 0. The minimum atomic E-state index is 0.157. The smallest absolute Gasteiger partial charge is 0.151 e. The van der Waals surface area contributed by atoms with Crippen molar-refractivity contribution in [1.82, 2.24) is 0 Å². The maximum Gasteiger partial charge on any atom is 0.151 e. The van der Waals surface area contributed by atoms with Gasteiger partial charge in [0.2, 0.25) is 0 Å². The Morgan fingerprint density at radius 2 is 1.76 bits per heavy atom. The average Bonchev–Trinajstić information content (AvgIpc) is 2.46. The second kappa shape index (κ2) is 6.44. The van der Waals surface area contributed by atoms with E-state index in [0.29, 0.717) is 17.9 Å².